The van der Waals surface area contributed by atoms with E-state index in [0.29, 0.717) is 18.7 Å². The molecular weight excluding hydrogens is 236 g/mol. The molecule has 2 rings (SSSR count). The monoisotopic (exact) mass is 251 g/mol. The second-order valence-corrected chi connectivity index (χ2v) is 4.04. The molecule has 0 radical (unpaired) electrons. The van der Waals surface area contributed by atoms with Crippen LogP contribution < -0.4 is 5.32 Å². The van der Waals surface area contributed by atoms with E-state index in [9.17, 15) is 8.78 Å². The van der Waals surface area contributed by atoms with E-state index in [1.165, 1.54) is 12.1 Å². The van der Waals surface area contributed by atoms with E-state index in [1.807, 2.05) is 23.9 Å². The van der Waals surface area contributed by atoms with Gasteiger partial charge >= 0.3 is 0 Å². The third-order valence-electron chi connectivity index (χ3n) is 2.58. The Hall–Kier alpha value is -1.75. The van der Waals surface area contributed by atoms with Gasteiger partial charge in [0.2, 0.25) is 0 Å². The summed E-state index contributed by atoms with van der Waals surface area (Å²) >= 11 is 0. The normalized spacial score (nSPS) is 10.8. The molecule has 0 amide bonds. The van der Waals surface area contributed by atoms with E-state index < -0.39 is 11.6 Å². The average molecular weight is 251 g/mol. The lowest BCUT2D eigenvalue weighted by molar-refractivity contribution is 0.573. The molecule has 0 aliphatic carbocycles. The maximum absolute atomic E-state index is 12.9. The number of aryl methyl sites for hydroxylation is 1. The number of hydrogen-bond acceptors (Lipinski definition) is 2. The molecule has 1 aromatic heterocycles. The van der Waals surface area contributed by atoms with Gasteiger partial charge in [-0.1, -0.05) is 0 Å². The number of aromatic nitrogens is 2. The molecule has 2 aromatic rings. The number of hydrogen-bond donors (Lipinski definition) is 1. The van der Waals surface area contributed by atoms with Gasteiger partial charge < -0.3 is 5.32 Å². The Morgan fingerprint density at radius 2 is 1.89 bits per heavy atom. The van der Waals surface area contributed by atoms with Crippen LogP contribution in [0.1, 0.15) is 18.2 Å². The summed E-state index contributed by atoms with van der Waals surface area (Å²) in [6, 6.07) is 5.43. The van der Waals surface area contributed by atoms with Crippen LogP contribution in [0.2, 0.25) is 0 Å². The molecule has 0 fully saturated rings. The van der Waals surface area contributed by atoms with Gasteiger partial charge in [0.1, 0.15) is 11.6 Å². The van der Waals surface area contributed by atoms with Crippen LogP contribution in [0.5, 0.6) is 0 Å². The molecule has 3 nitrogen and oxygen atoms in total. The molecule has 0 aliphatic heterocycles. The highest BCUT2D eigenvalue weighted by Gasteiger charge is 2.01. The highest BCUT2D eigenvalue weighted by molar-refractivity contribution is 5.17. The molecule has 0 unspecified atom stereocenters. The lowest BCUT2D eigenvalue weighted by Crippen LogP contribution is -2.13. The van der Waals surface area contributed by atoms with Gasteiger partial charge in [-0.15, -0.1) is 0 Å². The van der Waals surface area contributed by atoms with E-state index in [2.05, 4.69) is 10.4 Å². The third-order valence-corrected chi connectivity index (χ3v) is 2.58. The van der Waals surface area contributed by atoms with E-state index >= 15 is 0 Å². The SMILES string of the molecule is CCn1ccc(CNCc2cc(F)cc(F)c2)n1. The first-order valence-corrected chi connectivity index (χ1v) is 5.85. The Labute approximate surface area is 104 Å². The summed E-state index contributed by atoms with van der Waals surface area (Å²) in [7, 11) is 0. The molecule has 0 atom stereocenters. The smallest absolute Gasteiger partial charge is 0.126 e. The van der Waals surface area contributed by atoms with Crippen LogP contribution in [0, 0.1) is 11.6 Å². The van der Waals surface area contributed by atoms with Gasteiger partial charge in [-0.2, -0.15) is 5.10 Å². The van der Waals surface area contributed by atoms with Crippen LogP contribution in [-0.2, 0) is 19.6 Å². The number of rotatable bonds is 5. The predicted octanol–water partition coefficient (Wildman–Crippen LogP) is 2.47. The van der Waals surface area contributed by atoms with Crippen molar-refractivity contribution in [1.82, 2.24) is 15.1 Å². The number of nitrogens with one attached hydrogen (secondary N) is 1. The summed E-state index contributed by atoms with van der Waals surface area (Å²) in [5.74, 6) is -1.11. The maximum atomic E-state index is 12.9. The quantitative estimate of drug-likeness (QED) is 0.884. The van der Waals surface area contributed by atoms with Crippen molar-refractivity contribution in [3.63, 3.8) is 0 Å². The van der Waals surface area contributed by atoms with Gasteiger partial charge in [-0.05, 0) is 30.7 Å². The Kier molecular flexibility index (Phi) is 4.04. The van der Waals surface area contributed by atoms with Crippen molar-refractivity contribution in [1.29, 1.82) is 0 Å². The summed E-state index contributed by atoms with van der Waals surface area (Å²) in [6.07, 6.45) is 1.90. The van der Waals surface area contributed by atoms with Crippen LogP contribution >= 0.6 is 0 Å². The fraction of sp³-hybridized carbons (Fsp3) is 0.308. The molecule has 5 heteroatoms. The molecule has 0 aliphatic rings. The summed E-state index contributed by atoms with van der Waals surface area (Å²) < 4.78 is 27.7. The number of halogens is 2. The summed E-state index contributed by atoms with van der Waals surface area (Å²) in [4.78, 5) is 0. The Morgan fingerprint density at radius 3 is 2.50 bits per heavy atom. The molecule has 1 aromatic carbocycles. The lowest BCUT2D eigenvalue weighted by Gasteiger charge is -2.03. The Bertz CT molecular complexity index is 502. The van der Waals surface area contributed by atoms with Gasteiger partial charge in [0.05, 0.1) is 5.69 Å². The fourth-order valence-electron chi connectivity index (χ4n) is 1.72. The molecule has 1 heterocycles. The lowest BCUT2D eigenvalue weighted by atomic mass is 10.2. The van der Waals surface area contributed by atoms with Crippen LogP contribution in [-0.4, -0.2) is 9.78 Å². The fourth-order valence-corrected chi connectivity index (χ4v) is 1.72. The standard InChI is InChI=1S/C13H15F2N3/c1-2-18-4-3-13(17-18)9-16-8-10-5-11(14)7-12(15)6-10/h3-7,16H,2,8-9H2,1H3. The molecule has 1 N–H and O–H groups in total. The minimum absolute atomic E-state index is 0.410. The van der Waals surface area contributed by atoms with Crippen molar-refractivity contribution < 1.29 is 8.78 Å². The van der Waals surface area contributed by atoms with Crippen molar-refractivity contribution in [2.24, 2.45) is 0 Å². The van der Waals surface area contributed by atoms with Gasteiger partial charge in [-0.25, -0.2) is 8.78 Å². The topological polar surface area (TPSA) is 29.9 Å². The first kappa shape index (κ1) is 12.7. The van der Waals surface area contributed by atoms with Crippen molar-refractivity contribution in [2.75, 3.05) is 0 Å². The third kappa shape index (κ3) is 3.37. The maximum Gasteiger partial charge on any atom is 0.126 e. The molecule has 0 saturated heterocycles. The van der Waals surface area contributed by atoms with E-state index in [-0.39, 0.29) is 0 Å². The second-order valence-electron chi connectivity index (χ2n) is 4.04. The van der Waals surface area contributed by atoms with Crippen LogP contribution in [0.15, 0.2) is 30.5 Å². The van der Waals surface area contributed by atoms with Gasteiger partial charge in [-0.3, -0.25) is 4.68 Å². The van der Waals surface area contributed by atoms with Gasteiger partial charge in [0.25, 0.3) is 0 Å². The van der Waals surface area contributed by atoms with Crippen molar-refractivity contribution in [3.8, 4) is 0 Å². The molecule has 0 saturated carbocycles. The molecular formula is C13H15F2N3. The highest BCUT2D eigenvalue weighted by atomic mass is 19.1. The van der Waals surface area contributed by atoms with E-state index in [4.69, 9.17) is 0 Å². The van der Waals surface area contributed by atoms with Gasteiger partial charge in [0, 0.05) is 31.9 Å². The number of nitrogens with zero attached hydrogens (tertiary/aromatic N) is 2. The van der Waals surface area contributed by atoms with Crippen LogP contribution in [0.25, 0.3) is 0 Å². The van der Waals surface area contributed by atoms with Crippen molar-refractivity contribution >= 4 is 0 Å². The summed E-state index contributed by atoms with van der Waals surface area (Å²) in [6.45, 7) is 3.83. The summed E-state index contributed by atoms with van der Waals surface area (Å²) in [5, 5.41) is 7.40. The van der Waals surface area contributed by atoms with E-state index in [1.54, 1.807) is 0 Å². The Morgan fingerprint density at radius 1 is 1.17 bits per heavy atom. The van der Waals surface area contributed by atoms with Crippen LogP contribution in [0.4, 0.5) is 8.78 Å². The predicted molar refractivity (Wildman–Crippen MR) is 64.8 cm³/mol. The van der Waals surface area contributed by atoms with Gasteiger partial charge in [0.15, 0.2) is 0 Å². The zero-order valence-corrected chi connectivity index (χ0v) is 10.2. The molecule has 0 bridgehead atoms. The largest absolute Gasteiger partial charge is 0.307 e. The minimum atomic E-state index is -0.554. The zero-order valence-electron chi connectivity index (χ0n) is 10.2. The minimum Gasteiger partial charge on any atom is -0.307 e. The molecule has 96 valence electrons. The number of benzene rings is 1. The van der Waals surface area contributed by atoms with Crippen molar-refractivity contribution in [2.45, 2.75) is 26.6 Å². The summed E-state index contributed by atoms with van der Waals surface area (Å²) in [5.41, 5.74) is 1.50. The highest BCUT2D eigenvalue weighted by Crippen LogP contribution is 2.07. The first-order valence-electron chi connectivity index (χ1n) is 5.85. The first-order chi connectivity index (χ1) is 8.67. The average Bonchev–Trinajstić information content (AvgIpc) is 2.76. The zero-order chi connectivity index (χ0) is 13.0. The Balaban J connectivity index is 1.88. The van der Waals surface area contributed by atoms with Crippen LogP contribution in [0.3, 0.4) is 0 Å². The molecule has 18 heavy (non-hydrogen) atoms. The van der Waals surface area contributed by atoms with Crippen molar-refractivity contribution in [3.05, 3.63) is 53.4 Å². The second kappa shape index (κ2) is 5.73. The van der Waals surface area contributed by atoms with E-state index in [0.717, 1.165) is 18.3 Å². The molecule has 0 spiro atoms.